The fourth-order valence-corrected chi connectivity index (χ4v) is 1.62. The van der Waals surface area contributed by atoms with Crippen molar-refractivity contribution in [2.75, 3.05) is 14.2 Å². The summed E-state index contributed by atoms with van der Waals surface area (Å²) in [4.78, 5) is 8.11. The molecule has 5 nitrogen and oxygen atoms in total. The zero-order valence-corrected chi connectivity index (χ0v) is 10.2. The number of aromatic nitrogens is 2. The molecule has 0 saturated carbocycles. The first kappa shape index (κ1) is 12.3. The Labute approximate surface area is 105 Å². The molecule has 0 aliphatic heterocycles. The number of hydrogen-bond donors (Lipinski definition) is 1. The van der Waals surface area contributed by atoms with Gasteiger partial charge < -0.3 is 14.6 Å². The molecule has 0 aliphatic carbocycles. The molecule has 2 rings (SSSR count). The Morgan fingerprint density at radius 2 is 1.67 bits per heavy atom. The Hall–Kier alpha value is -2.14. The van der Waals surface area contributed by atoms with Crippen molar-refractivity contribution in [3.05, 3.63) is 47.9 Å². The minimum Gasteiger partial charge on any atom is -0.497 e. The molecular weight excluding hydrogens is 232 g/mol. The summed E-state index contributed by atoms with van der Waals surface area (Å²) in [5.41, 5.74) is 1.10. The third-order valence-electron chi connectivity index (χ3n) is 2.58. The van der Waals surface area contributed by atoms with Crippen LogP contribution in [0.5, 0.6) is 11.6 Å². The van der Waals surface area contributed by atoms with E-state index in [9.17, 15) is 5.11 Å². The van der Waals surface area contributed by atoms with E-state index in [-0.39, 0.29) is 0 Å². The lowest BCUT2D eigenvalue weighted by Crippen LogP contribution is -2.06. The van der Waals surface area contributed by atoms with E-state index < -0.39 is 6.10 Å². The van der Waals surface area contributed by atoms with Crippen LogP contribution < -0.4 is 9.47 Å². The van der Waals surface area contributed by atoms with Crippen molar-refractivity contribution in [2.24, 2.45) is 0 Å². The molecule has 5 heteroatoms. The van der Waals surface area contributed by atoms with Crippen LogP contribution in [-0.2, 0) is 0 Å². The number of ether oxygens (including phenoxy) is 2. The molecule has 1 aromatic carbocycles. The molecule has 1 atom stereocenters. The number of rotatable bonds is 4. The standard InChI is InChI=1S/C13H14N2O3/c1-17-10-5-3-9(4-6-10)12(16)11-13(18-2)15-8-7-14-11/h3-8,12,16H,1-2H3. The van der Waals surface area contributed by atoms with E-state index in [2.05, 4.69) is 9.97 Å². The van der Waals surface area contributed by atoms with Crippen LogP contribution in [0.15, 0.2) is 36.7 Å². The van der Waals surface area contributed by atoms with Crippen molar-refractivity contribution in [1.29, 1.82) is 0 Å². The maximum absolute atomic E-state index is 10.2. The van der Waals surface area contributed by atoms with Gasteiger partial charge >= 0.3 is 0 Å². The zero-order valence-electron chi connectivity index (χ0n) is 10.2. The van der Waals surface area contributed by atoms with Gasteiger partial charge in [0.15, 0.2) is 0 Å². The van der Waals surface area contributed by atoms with Crippen molar-refractivity contribution in [3.8, 4) is 11.6 Å². The Balaban J connectivity index is 2.31. The smallest absolute Gasteiger partial charge is 0.238 e. The number of methoxy groups -OCH3 is 2. The van der Waals surface area contributed by atoms with Crippen LogP contribution in [-0.4, -0.2) is 29.3 Å². The average Bonchev–Trinajstić information content (AvgIpc) is 2.46. The molecular formula is C13H14N2O3. The van der Waals surface area contributed by atoms with Crippen molar-refractivity contribution in [2.45, 2.75) is 6.10 Å². The second-order valence-corrected chi connectivity index (χ2v) is 3.63. The summed E-state index contributed by atoms with van der Waals surface area (Å²) in [6.07, 6.45) is 2.16. The van der Waals surface area contributed by atoms with Crippen LogP contribution in [0.25, 0.3) is 0 Å². The minimum atomic E-state index is -0.875. The predicted octanol–water partition coefficient (Wildman–Crippen LogP) is 1.58. The Morgan fingerprint density at radius 3 is 2.28 bits per heavy atom. The van der Waals surface area contributed by atoms with Crippen molar-refractivity contribution in [1.82, 2.24) is 9.97 Å². The van der Waals surface area contributed by atoms with E-state index in [0.29, 0.717) is 17.1 Å². The van der Waals surface area contributed by atoms with Gasteiger partial charge in [-0.15, -0.1) is 0 Å². The highest BCUT2D eigenvalue weighted by molar-refractivity contribution is 5.34. The van der Waals surface area contributed by atoms with E-state index in [1.807, 2.05) is 0 Å². The van der Waals surface area contributed by atoms with Crippen molar-refractivity contribution < 1.29 is 14.6 Å². The highest BCUT2D eigenvalue weighted by atomic mass is 16.5. The molecule has 1 unspecified atom stereocenters. The lowest BCUT2D eigenvalue weighted by Gasteiger charge is -2.13. The average molecular weight is 246 g/mol. The number of benzene rings is 1. The number of hydrogen-bond acceptors (Lipinski definition) is 5. The fraction of sp³-hybridized carbons (Fsp3) is 0.231. The highest BCUT2D eigenvalue weighted by Gasteiger charge is 2.17. The molecule has 1 aromatic heterocycles. The molecule has 0 spiro atoms. The number of aliphatic hydroxyl groups excluding tert-OH is 1. The Kier molecular flexibility index (Phi) is 3.74. The largest absolute Gasteiger partial charge is 0.497 e. The monoisotopic (exact) mass is 246 g/mol. The summed E-state index contributed by atoms with van der Waals surface area (Å²) in [5.74, 6) is 1.05. The summed E-state index contributed by atoms with van der Waals surface area (Å²) in [5, 5.41) is 10.2. The molecule has 0 aliphatic rings. The lowest BCUT2D eigenvalue weighted by molar-refractivity contribution is 0.207. The molecule has 0 saturated heterocycles. The van der Waals surface area contributed by atoms with Gasteiger partial charge in [-0.3, -0.25) is 4.98 Å². The number of nitrogens with zero attached hydrogens (tertiary/aromatic N) is 2. The van der Waals surface area contributed by atoms with E-state index in [1.54, 1.807) is 31.4 Å². The first-order valence-electron chi connectivity index (χ1n) is 5.43. The molecule has 1 N–H and O–H groups in total. The van der Waals surface area contributed by atoms with Crippen molar-refractivity contribution in [3.63, 3.8) is 0 Å². The first-order valence-corrected chi connectivity index (χ1v) is 5.43. The topological polar surface area (TPSA) is 64.5 Å². The summed E-state index contributed by atoms with van der Waals surface area (Å²) >= 11 is 0. The first-order chi connectivity index (χ1) is 8.76. The lowest BCUT2D eigenvalue weighted by atomic mass is 10.1. The van der Waals surface area contributed by atoms with Gasteiger partial charge in [0.2, 0.25) is 5.88 Å². The Bertz CT molecular complexity index is 514. The van der Waals surface area contributed by atoms with Gasteiger partial charge in [0.05, 0.1) is 14.2 Å². The fourth-order valence-electron chi connectivity index (χ4n) is 1.62. The quantitative estimate of drug-likeness (QED) is 0.887. The third-order valence-corrected chi connectivity index (χ3v) is 2.58. The van der Waals surface area contributed by atoms with Gasteiger partial charge in [0.1, 0.15) is 17.5 Å². The van der Waals surface area contributed by atoms with Crippen LogP contribution in [0.4, 0.5) is 0 Å². The van der Waals surface area contributed by atoms with Gasteiger partial charge in [0.25, 0.3) is 0 Å². The highest BCUT2D eigenvalue weighted by Crippen LogP contribution is 2.27. The minimum absolute atomic E-state index is 0.320. The van der Waals surface area contributed by atoms with E-state index >= 15 is 0 Å². The van der Waals surface area contributed by atoms with Gasteiger partial charge in [-0.25, -0.2) is 4.98 Å². The normalized spacial score (nSPS) is 11.9. The van der Waals surface area contributed by atoms with E-state index in [4.69, 9.17) is 9.47 Å². The van der Waals surface area contributed by atoms with Gasteiger partial charge in [0, 0.05) is 12.4 Å². The van der Waals surface area contributed by atoms with E-state index in [0.717, 1.165) is 5.75 Å². The summed E-state index contributed by atoms with van der Waals surface area (Å²) < 4.78 is 10.1. The molecule has 0 bridgehead atoms. The molecule has 2 aromatic rings. The summed E-state index contributed by atoms with van der Waals surface area (Å²) in [7, 11) is 3.09. The van der Waals surface area contributed by atoms with Crippen LogP contribution in [0.1, 0.15) is 17.4 Å². The molecule has 18 heavy (non-hydrogen) atoms. The van der Waals surface area contributed by atoms with Crippen LogP contribution in [0, 0.1) is 0 Å². The molecule has 1 heterocycles. The molecule has 0 radical (unpaired) electrons. The molecule has 0 fully saturated rings. The van der Waals surface area contributed by atoms with Gasteiger partial charge in [-0.1, -0.05) is 12.1 Å². The molecule has 94 valence electrons. The molecule has 0 amide bonds. The second kappa shape index (κ2) is 5.46. The predicted molar refractivity (Wildman–Crippen MR) is 65.6 cm³/mol. The van der Waals surface area contributed by atoms with E-state index in [1.165, 1.54) is 19.5 Å². The maximum atomic E-state index is 10.2. The van der Waals surface area contributed by atoms with Gasteiger partial charge in [-0.2, -0.15) is 0 Å². The van der Waals surface area contributed by atoms with Crippen LogP contribution >= 0.6 is 0 Å². The summed E-state index contributed by atoms with van der Waals surface area (Å²) in [6, 6.07) is 7.11. The maximum Gasteiger partial charge on any atom is 0.238 e. The Morgan fingerprint density at radius 1 is 1.00 bits per heavy atom. The number of aliphatic hydroxyl groups is 1. The van der Waals surface area contributed by atoms with Crippen molar-refractivity contribution >= 4 is 0 Å². The SMILES string of the molecule is COc1ccc(C(O)c2nccnc2OC)cc1. The summed E-state index contributed by atoms with van der Waals surface area (Å²) in [6.45, 7) is 0. The zero-order chi connectivity index (χ0) is 13.0. The van der Waals surface area contributed by atoms with Crippen LogP contribution in [0.2, 0.25) is 0 Å². The second-order valence-electron chi connectivity index (χ2n) is 3.63. The third kappa shape index (κ3) is 2.41. The van der Waals surface area contributed by atoms with Crippen LogP contribution in [0.3, 0.4) is 0 Å². The van der Waals surface area contributed by atoms with Gasteiger partial charge in [-0.05, 0) is 17.7 Å².